The Balaban J connectivity index is 0.897. The highest BCUT2D eigenvalue weighted by Gasteiger charge is 2.42. The number of carbonyl (C=O) groups is 1. The average molecular weight is 762 g/mol. The lowest BCUT2D eigenvalue weighted by molar-refractivity contribution is -0.164. The number of nitrogens with one attached hydrogen (secondary N) is 2. The van der Waals surface area contributed by atoms with Gasteiger partial charge in [-0.25, -0.2) is 4.79 Å². The predicted molar refractivity (Wildman–Crippen MR) is 219 cm³/mol. The molecule has 1 unspecified atom stereocenters. The summed E-state index contributed by atoms with van der Waals surface area (Å²) in [6, 6.07) is 32.8. The zero-order chi connectivity index (χ0) is 39.2. The lowest BCUT2D eigenvalue weighted by Gasteiger charge is -2.33. The number of hydrogen-bond donors (Lipinski definition) is 5. The molecule has 6 rings (SSSR count). The maximum absolute atomic E-state index is 13.8. The van der Waals surface area contributed by atoms with Gasteiger partial charge in [0.15, 0.2) is 0 Å². The van der Waals surface area contributed by atoms with E-state index in [1.54, 1.807) is 42.5 Å². The Morgan fingerprint density at radius 1 is 0.839 bits per heavy atom. The molecular formula is C46H55N3O7. The normalized spacial score (nSPS) is 15.3. The molecule has 296 valence electrons. The molecule has 1 fully saturated rings. The molecule has 1 saturated heterocycles. The number of fused-ring (bicyclic) bond motifs is 1. The first kappa shape index (κ1) is 40.7. The molecule has 2 atom stereocenters. The van der Waals surface area contributed by atoms with E-state index in [4.69, 9.17) is 9.47 Å². The summed E-state index contributed by atoms with van der Waals surface area (Å²) in [4.78, 5) is 30.5. The number of nitrogens with zero attached hydrogens (tertiary/aromatic N) is 1. The average Bonchev–Trinajstić information content (AvgIpc) is 3.23. The third-order valence-corrected chi connectivity index (χ3v) is 10.8. The Hall–Kier alpha value is -5.00. The summed E-state index contributed by atoms with van der Waals surface area (Å²) >= 11 is 0. The topological polar surface area (TPSA) is 144 Å². The number of phenols is 1. The fourth-order valence-corrected chi connectivity index (χ4v) is 7.49. The summed E-state index contributed by atoms with van der Waals surface area (Å²) in [5.74, 6) is 0.136. The van der Waals surface area contributed by atoms with Gasteiger partial charge in [0, 0.05) is 30.1 Å². The van der Waals surface area contributed by atoms with Crippen LogP contribution in [0, 0.1) is 5.92 Å². The highest BCUT2D eigenvalue weighted by molar-refractivity contribution is 5.87. The number of aromatic nitrogens is 1. The number of carbonyl (C=O) groups excluding carboxylic acids is 1. The number of aliphatic hydroxyl groups is 2. The summed E-state index contributed by atoms with van der Waals surface area (Å²) in [7, 11) is 0. The number of piperidine rings is 1. The molecule has 10 heteroatoms. The second-order valence-electron chi connectivity index (χ2n) is 14.9. The van der Waals surface area contributed by atoms with Gasteiger partial charge < -0.3 is 35.1 Å². The number of aromatic amines is 1. The van der Waals surface area contributed by atoms with Crippen LogP contribution in [0.2, 0.25) is 0 Å². The maximum Gasteiger partial charge on any atom is 0.347 e. The van der Waals surface area contributed by atoms with Crippen molar-refractivity contribution in [3.63, 3.8) is 0 Å². The van der Waals surface area contributed by atoms with E-state index in [9.17, 15) is 24.9 Å². The zero-order valence-electron chi connectivity index (χ0n) is 32.1. The van der Waals surface area contributed by atoms with Crippen LogP contribution in [0.5, 0.6) is 11.5 Å². The molecule has 1 aliphatic rings. The Morgan fingerprint density at radius 3 is 2.30 bits per heavy atom. The van der Waals surface area contributed by atoms with Crippen LogP contribution in [-0.2, 0) is 21.7 Å². The number of esters is 1. The number of likely N-dealkylation sites (tertiary alicyclic amines) is 1. The molecule has 56 heavy (non-hydrogen) atoms. The van der Waals surface area contributed by atoms with Gasteiger partial charge in [-0.05, 0) is 92.2 Å². The molecule has 5 aromatic rings. The molecule has 0 aliphatic carbocycles. The van der Waals surface area contributed by atoms with Crippen LogP contribution in [0.1, 0.15) is 79.7 Å². The molecule has 1 aromatic heterocycles. The van der Waals surface area contributed by atoms with Crippen LogP contribution in [-0.4, -0.2) is 70.6 Å². The highest BCUT2D eigenvalue weighted by atomic mass is 16.5. The van der Waals surface area contributed by atoms with Crippen molar-refractivity contribution in [1.29, 1.82) is 0 Å². The van der Waals surface area contributed by atoms with Gasteiger partial charge in [-0.2, -0.15) is 0 Å². The van der Waals surface area contributed by atoms with Crippen molar-refractivity contribution in [3.05, 3.63) is 142 Å². The third kappa shape index (κ3) is 10.9. The molecule has 2 heterocycles. The van der Waals surface area contributed by atoms with Crippen LogP contribution in [0.25, 0.3) is 10.9 Å². The van der Waals surface area contributed by atoms with Crippen molar-refractivity contribution >= 4 is 16.9 Å². The van der Waals surface area contributed by atoms with Gasteiger partial charge in [0.2, 0.25) is 11.2 Å². The van der Waals surface area contributed by atoms with Gasteiger partial charge in [-0.15, -0.1) is 0 Å². The van der Waals surface area contributed by atoms with E-state index >= 15 is 0 Å². The molecule has 0 radical (unpaired) electrons. The number of hydrogen-bond acceptors (Lipinski definition) is 9. The van der Waals surface area contributed by atoms with Gasteiger partial charge in [0.25, 0.3) is 0 Å². The molecule has 4 aromatic carbocycles. The molecule has 0 bridgehead atoms. The fraction of sp³-hybridized carbons (Fsp3) is 0.391. The van der Waals surface area contributed by atoms with Crippen molar-refractivity contribution < 1.29 is 29.6 Å². The molecule has 0 spiro atoms. The molecule has 5 N–H and O–H groups in total. The smallest absolute Gasteiger partial charge is 0.347 e. The van der Waals surface area contributed by atoms with Crippen LogP contribution in [0.15, 0.2) is 114 Å². The fourth-order valence-electron chi connectivity index (χ4n) is 7.49. The van der Waals surface area contributed by atoms with Crippen molar-refractivity contribution in [2.24, 2.45) is 5.92 Å². The SMILES string of the molecule is O=C(OCC1CCN(Cc2ccccc2)CC1)C(O)(c1ccccc1)c1cccc(OCCCCCCCCNC[C@H](O)c2ccc(O)c3[nH]c(=O)ccc23)c1. The van der Waals surface area contributed by atoms with Gasteiger partial charge in [-0.3, -0.25) is 9.69 Å². The monoisotopic (exact) mass is 761 g/mol. The number of aliphatic hydroxyl groups excluding tert-OH is 1. The number of pyridine rings is 1. The van der Waals surface area contributed by atoms with Crippen LogP contribution in [0.4, 0.5) is 0 Å². The van der Waals surface area contributed by atoms with Crippen LogP contribution < -0.4 is 15.6 Å². The largest absolute Gasteiger partial charge is 0.506 e. The van der Waals surface area contributed by atoms with E-state index in [-0.39, 0.29) is 23.8 Å². The van der Waals surface area contributed by atoms with Crippen molar-refractivity contribution in [1.82, 2.24) is 15.2 Å². The summed E-state index contributed by atoms with van der Waals surface area (Å²) in [5, 5.41) is 36.9. The number of phenolic OH excluding ortho intramolecular Hbond substituents is 1. The van der Waals surface area contributed by atoms with Crippen molar-refractivity contribution in [2.45, 2.75) is 69.6 Å². The van der Waals surface area contributed by atoms with Crippen LogP contribution >= 0.6 is 0 Å². The number of benzene rings is 4. The van der Waals surface area contributed by atoms with E-state index in [1.165, 1.54) is 17.7 Å². The minimum atomic E-state index is -1.97. The second kappa shape index (κ2) is 20.2. The number of unbranched alkanes of at least 4 members (excludes halogenated alkanes) is 5. The van der Waals surface area contributed by atoms with Gasteiger partial charge >= 0.3 is 5.97 Å². The third-order valence-electron chi connectivity index (χ3n) is 10.8. The lowest BCUT2D eigenvalue weighted by Crippen LogP contribution is -2.40. The van der Waals surface area contributed by atoms with Gasteiger partial charge in [0.1, 0.15) is 11.5 Å². The minimum Gasteiger partial charge on any atom is -0.506 e. The van der Waals surface area contributed by atoms with Gasteiger partial charge in [-0.1, -0.05) is 105 Å². The maximum atomic E-state index is 13.8. The Bertz CT molecular complexity index is 2030. The molecule has 10 nitrogen and oxygen atoms in total. The standard InChI is InChI=1S/C46H55N3O7/c50-41-22-20-39(40-21-23-43(52)48-44(40)41)42(51)31-47-26-11-3-1-2-4-12-29-55-38-19-13-18-37(30-38)46(54,36-16-9-6-10-17-36)45(53)56-33-35-24-27-49(28-25-35)32-34-14-7-5-8-15-34/h5-10,13-23,30,35,42,47,50-51,54H,1-4,11-12,24-29,31-33H2,(H,48,52)/t42-,46?/m0/s1. The van der Waals surface area contributed by atoms with Crippen LogP contribution in [0.3, 0.4) is 0 Å². The van der Waals surface area contributed by atoms with E-state index in [0.717, 1.165) is 77.5 Å². The second-order valence-corrected chi connectivity index (χ2v) is 14.9. The number of aromatic hydroxyl groups is 1. The van der Waals surface area contributed by atoms with E-state index in [2.05, 4.69) is 39.5 Å². The molecule has 0 saturated carbocycles. The molecule has 0 amide bonds. The highest BCUT2D eigenvalue weighted by Crippen LogP contribution is 2.34. The predicted octanol–water partition coefficient (Wildman–Crippen LogP) is 6.97. The van der Waals surface area contributed by atoms with E-state index < -0.39 is 17.7 Å². The lowest BCUT2D eigenvalue weighted by atomic mass is 9.86. The Morgan fingerprint density at radius 2 is 1.54 bits per heavy atom. The zero-order valence-corrected chi connectivity index (χ0v) is 32.1. The van der Waals surface area contributed by atoms with E-state index in [0.29, 0.717) is 46.5 Å². The van der Waals surface area contributed by atoms with Crippen molar-refractivity contribution in [2.75, 3.05) is 39.4 Å². The number of ether oxygens (including phenoxy) is 2. The first-order valence-corrected chi connectivity index (χ1v) is 20.0. The quantitative estimate of drug-likeness (QED) is 0.0420. The summed E-state index contributed by atoms with van der Waals surface area (Å²) in [6.07, 6.45) is 7.23. The summed E-state index contributed by atoms with van der Waals surface area (Å²) in [6.45, 7) is 4.75. The van der Waals surface area contributed by atoms with Gasteiger partial charge in [0.05, 0.1) is 24.8 Å². The van der Waals surface area contributed by atoms with E-state index in [1.807, 2.05) is 30.3 Å². The first-order chi connectivity index (χ1) is 27.3. The van der Waals surface area contributed by atoms with Crippen molar-refractivity contribution in [3.8, 4) is 11.5 Å². The minimum absolute atomic E-state index is 0.0230. The number of rotatable bonds is 20. The number of H-pyrrole nitrogens is 1. The molecule has 1 aliphatic heterocycles. The summed E-state index contributed by atoms with van der Waals surface area (Å²) < 4.78 is 12.0. The first-order valence-electron chi connectivity index (χ1n) is 20.0. The molecular weight excluding hydrogens is 707 g/mol. The Labute approximate surface area is 329 Å². The Kier molecular flexibility index (Phi) is 14.7. The summed E-state index contributed by atoms with van der Waals surface area (Å²) in [5.41, 5.74) is 0.879.